The second kappa shape index (κ2) is 8.32. The Kier molecular flexibility index (Phi) is 4.65. The maximum Gasteiger partial charge on any atom is 0.0944 e. The first-order valence-corrected chi connectivity index (χ1v) is 13.2. The lowest BCUT2D eigenvalue weighted by atomic mass is 10.0. The van der Waals surface area contributed by atoms with Crippen LogP contribution in [0.25, 0.3) is 61.4 Å². The summed E-state index contributed by atoms with van der Waals surface area (Å²) >= 11 is 0. The van der Waals surface area contributed by atoms with Crippen molar-refractivity contribution in [3.05, 3.63) is 133 Å². The fourth-order valence-electron chi connectivity index (χ4n) is 6.20. The van der Waals surface area contributed by atoms with Gasteiger partial charge < -0.3 is 9.13 Å². The molecule has 0 bridgehead atoms. The Hall–Kier alpha value is -4.89. The molecule has 38 heavy (non-hydrogen) atoms. The number of hydrogen-bond acceptors (Lipinski definition) is 1. The van der Waals surface area contributed by atoms with E-state index < -0.39 is 0 Å². The van der Waals surface area contributed by atoms with E-state index in [2.05, 4.69) is 130 Å². The number of allylic oxidation sites excluding steroid dienone is 1. The van der Waals surface area contributed by atoms with Gasteiger partial charge in [-0.3, -0.25) is 4.98 Å². The summed E-state index contributed by atoms with van der Waals surface area (Å²) < 4.78 is 4.81. The topological polar surface area (TPSA) is 22.8 Å². The molecule has 8 rings (SSSR count). The zero-order valence-corrected chi connectivity index (χ0v) is 20.9. The Balaban J connectivity index is 1.49. The highest BCUT2D eigenvalue weighted by atomic mass is 15.0. The molecule has 1 aliphatic rings. The van der Waals surface area contributed by atoms with Crippen molar-refractivity contribution < 1.29 is 0 Å². The maximum atomic E-state index is 5.17. The van der Waals surface area contributed by atoms with E-state index in [4.69, 9.17) is 4.98 Å². The molecule has 0 unspecified atom stereocenters. The SMILES string of the molecule is C1=Cc2c(n(-c3cnc(-c4ccccc4)c(-n4c5ccccc5c5ccccc54)c3)c3ccccc23)CC1. The molecule has 3 heteroatoms. The molecule has 0 saturated heterocycles. The van der Waals surface area contributed by atoms with Crippen LogP contribution in [0.4, 0.5) is 0 Å². The van der Waals surface area contributed by atoms with Crippen LogP contribution in [0.15, 0.2) is 121 Å². The molecule has 3 aromatic heterocycles. The Morgan fingerprint density at radius 2 is 1.21 bits per heavy atom. The summed E-state index contributed by atoms with van der Waals surface area (Å²) in [7, 11) is 0. The van der Waals surface area contributed by atoms with Gasteiger partial charge in [-0.05, 0) is 37.1 Å². The number of nitrogens with zero attached hydrogens (tertiary/aromatic N) is 3. The number of rotatable bonds is 3. The van der Waals surface area contributed by atoms with Gasteiger partial charge in [-0.1, -0.05) is 97.1 Å². The van der Waals surface area contributed by atoms with Crippen molar-refractivity contribution in [1.29, 1.82) is 0 Å². The molecular weight excluding hydrogens is 462 g/mol. The normalized spacial score (nSPS) is 12.9. The van der Waals surface area contributed by atoms with Gasteiger partial charge in [0.05, 0.1) is 39.8 Å². The first-order chi connectivity index (χ1) is 18.9. The minimum absolute atomic E-state index is 0.978. The van der Waals surface area contributed by atoms with Crippen LogP contribution in [0.5, 0.6) is 0 Å². The number of para-hydroxylation sites is 3. The molecule has 0 amide bonds. The number of benzene rings is 4. The first kappa shape index (κ1) is 21.2. The van der Waals surface area contributed by atoms with Crippen molar-refractivity contribution >= 4 is 38.8 Å². The molecule has 0 aliphatic heterocycles. The largest absolute Gasteiger partial charge is 0.311 e. The van der Waals surface area contributed by atoms with Crippen LogP contribution in [0, 0.1) is 0 Å². The highest BCUT2D eigenvalue weighted by Crippen LogP contribution is 2.38. The highest BCUT2D eigenvalue weighted by Gasteiger charge is 2.21. The van der Waals surface area contributed by atoms with Crippen LogP contribution >= 0.6 is 0 Å². The lowest BCUT2D eigenvalue weighted by Gasteiger charge is -2.18. The van der Waals surface area contributed by atoms with Crippen molar-refractivity contribution in [3.8, 4) is 22.6 Å². The van der Waals surface area contributed by atoms with Crippen LogP contribution in [0.2, 0.25) is 0 Å². The van der Waals surface area contributed by atoms with Crippen LogP contribution < -0.4 is 0 Å². The fourth-order valence-corrected chi connectivity index (χ4v) is 6.20. The summed E-state index contributed by atoms with van der Waals surface area (Å²) in [5.41, 5.74) is 10.6. The third-order valence-electron chi connectivity index (χ3n) is 7.83. The van der Waals surface area contributed by atoms with Crippen LogP contribution in [0.3, 0.4) is 0 Å². The second-order valence-corrected chi connectivity index (χ2v) is 9.95. The van der Waals surface area contributed by atoms with Crippen LogP contribution in [0.1, 0.15) is 17.7 Å². The third-order valence-corrected chi connectivity index (χ3v) is 7.83. The molecule has 0 N–H and O–H groups in total. The number of fused-ring (bicyclic) bond motifs is 6. The monoisotopic (exact) mass is 487 g/mol. The minimum atomic E-state index is 0.978. The zero-order chi connectivity index (χ0) is 25.1. The second-order valence-electron chi connectivity index (χ2n) is 9.95. The Labute approximate surface area is 220 Å². The molecular formula is C35H25N3. The van der Waals surface area contributed by atoms with E-state index in [1.54, 1.807) is 0 Å². The van der Waals surface area contributed by atoms with E-state index in [1.807, 2.05) is 6.20 Å². The molecule has 7 aromatic rings. The van der Waals surface area contributed by atoms with Crippen molar-refractivity contribution in [2.75, 3.05) is 0 Å². The van der Waals surface area contributed by atoms with Gasteiger partial charge in [0.1, 0.15) is 0 Å². The molecule has 0 atom stereocenters. The van der Waals surface area contributed by atoms with Crippen LogP contribution in [-0.2, 0) is 6.42 Å². The van der Waals surface area contributed by atoms with Crippen molar-refractivity contribution in [3.63, 3.8) is 0 Å². The highest BCUT2D eigenvalue weighted by molar-refractivity contribution is 6.09. The Morgan fingerprint density at radius 1 is 0.605 bits per heavy atom. The van der Waals surface area contributed by atoms with Crippen molar-refractivity contribution in [2.45, 2.75) is 12.8 Å². The van der Waals surface area contributed by atoms with Gasteiger partial charge in [0.25, 0.3) is 0 Å². The maximum absolute atomic E-state index is 5.17. The zero-order valence-electron chi connectivity index (χ0n) is 20.9. The Bertz CT molecular complexity index is 1970. The quantitative estimate of drug-likeness (QED) is 0.244. The lowest BCUT2D eigenvalue weighted by Crippen LogP contribution is -2.06. The average Bonchev–Trinajstić information content (AvgIpc) is 3.51. The van der Waals surface area contributed by atoms with Crippen LogP contribution in [-0.4, -0.2) is 14.1 Å². The van der Waals surface area contributed by atoms with Crippen molar-refractivity contribution in [1.82, 2.24) is 14.1 Å². The van der Waals surface area contributed by atoms with E-state index in [0.717, 1.165) is 35.5 Å². The summed E-state index contributed by atoms with van der Waals surface area (Å²) in [6.07, 6.45) is 8.70. The minimum Gasteiger partial charge on any atom is -0.311 e. The average molecular weight is 488 g/mol. The van der Waals surface area contributed by atoms with E-state index in [-0.39, 0.29) is 0 Å². The summed E-state index contributed by atoms with van der Waals surface area (Å²) in [5, 5.41) is 3.80. The predicted octanol–water partition coefficient (Wildman–Crippen LogP) is 8.75. The smallest absolute Gasteiger partial charge is 0.0944 e. The Morgan fingerprint density at radius 3 is 1.92 bits per heavy atom. The number of pyridine rings is 1. The van der Waals surface area contributed by atoms with Gasteiger partial charge in [0.2, 0.25) is 0 Å². The lowest BCUT2D eigenvalue weighted by molar-refractivity contribution is 0.884. The van der Waals surface area contributed by atoms with E-state index in [9.17, 15) is 0 Å². The fraction of sp³-hybridized carbons (Fsp3) is 0.0571. The molecule has 1 aliphatic carbocycles. The summed E-state index contributed by atoms with van der Waals surface area (Å²) in [4.78, 5) is 5.17. The molecule has 180 valence electrons. The van der Waals surface area contributed by atoms with Crippen molar-refractivity contribution in [2.24, 2.45) is 0 Å². The van der Waals surface area contributed by atoms with Gasteiger partial charge in [-0.25, -0.2) is 0 Å². The molecule has 0 fully saturated rings. The van der Waals surface area contributed by atoms with Gasteiger partial charge >= 0.3 is 0 Å². The molecule has 0 radical (unpaired) electrons. The predicted molar refractivity (Wildman–Crippen MR) is 158 cm³/mol. The third kappa shape index (κ3) is 3.05. The summed E-state index contributed by atoms with van der Waals surface area (Å²) in [6.45, 7) is 0. The van der Waals surface area contributed by atoms with E-state index >= 15 is 0 Å². The standard InChI is InChI=1S/C35H25N3/c1-2-12-24(13-3-1)35-34(38-32-20-10-6-16-28(32)29-17-7-11-21-33(29)38)22-25(23-36-35)37-30-18-8-4-14-26(30)27-15-5-9-19-31(27)37/h1-8,10-18,20-23H,9,19H2. The molecule has 0 spiro atoms. The molecule has 0 saturated carbocycles. The number of aromatic nitrogens is 3. The van der Waals surface area contributed by atoms with E-state index in [0.29, 0.717) is 0 Å². The van der Waals surface area contributed by atoms with E-state index in [1.165, 1.54) is 44.0 Å². The first-order valence-electron chi connectivity index (χ1n) is 13.2. The summed E-state index contributed by atoms with van der Waals surface area (Å²) in [6, 6.07) is 39.0. The van der Waals surface area contributed by atoms with Gasteiger partial charge in [0.15, 0.2) is 0 Å². The van der Waals surface area contributed by atoms with Gasteiger partial charge in [-0.2, -0.15) is 0 Å². The summed E-state index contributed by atoms with van der Waals surface area (Å²) in [5.74, 6) is 0. The molecule has 3 heterocycles. The van der Waals surface area contributed by atoms with Gasteiger partial charge in [0, 0.05) is 33.0 Å². The molecule has 3 nitrogen and oxygen atoms in total. The number of hydrogen-bond donors (Lipinski definition) is 0. The molecule has 4 aromatic carbocycles. The van der Waals surface area contributed by atoms with Gasteiger partial charge in [-0.15, -0.1) is 0 Å².